The molecule has 1 saturated heterocycles. The summed E-state index contributed by atoms with van der Waals surface area (Å²) < 4.78 is 2.34. The van der Waals surface area contributed by atoms with E-state index >= 15 is 0 Å². The van der Waals surface area contributed by atoms with Crippen molar-refractivity contribution < 1.29 is 4.79 Å². The molecule has 1 aliphatic heterocycles. The number of carbonyl (C=O) groups is 1. The van der Waals surface area contributed by atoms with Crippen LogP contribution in [0.4, 0.5) is 5.69 Å². The van der Waals surface area contributed by atoms with E-state index < -0.39 is 0 Å². The van der Waals surface area contributed by atoms with E-state index in [0.717, 1.165) is 22.8 Å². The highest BCUT2D eigenvalue weighted by molar-refractivity contribution is 7.80. The van der Waals surface area contributed by atoms with Crippen molar-refractivity contribution in [1.82, 2.24) is 19.8 Å². The van der Waals surface area contributed by atoms with Gasteiger partial charge in [0.25, 0.3) is 0 Å². The van der Waals surface area contributed by atoms with Gasteiger partial charge in [-0.05, 0) is 86.9 Å². The summed E-state index contributed by atoms with van der Waals surface area (Å²) in [6.45, 7) is 9.12. The molecule has 0 radical (unpaired) electrons. The van der Waals surface area contributed by atoms with Crippen LogP contribution in [0.25, 0.3) is 5.69 Å². The minimum absolute atomic E-state index is 0.0416. The van der Waals surface area contributed by atoms with Crippen molar-refractivity contribution in [1.29, 1.82) is 0 Å². The molecule has 5 rings (SSSR count). The van der Waals surface area contributed by atoms with Gasteiger partial charge in [0.1, 0.15) is 0 Å². The number of hydrogen-bond acceptors (Lipinski definition) is 3. The number of thiocarbonyl (C=S) groups is 1. The summed E-state index contributed by atoms with van der Waals surface area (Å²) in [4.78, 5) is 19.7. The maximum atomic E-state index is 12.8. The van der Waals surface area contributed by atoms with Crippen LogP contribution in [0.3, 0.4) is 0 Å². The van der Waals surface area contributed by atoms with E-state index in [-0.39, 0.29) is 18.0 Å². The largest absolute Gasteiger partial charge is 0.352 e. The monoisotopic (exact) mass is 523 g/mol. The normalized spacial score (nSPS) is 16.9. The fourth-order valence-electron chi connectivity index (χ4n) is 5.54. The highest BCUT2D eigenvalue weighted by atomic mass is 32.1. The van der Waals surface area contributed by atoms with E-state index in [9.17, 15) is 4.79 Å². The fraction of sp³-hybridized carbons (Fsp3) is 0.258. The number of para-hydroxylation sites is 2. The zero-order valence-electron chi connectivity index (χ0n) is 22.2. The van der Waals surface area contributed by atoms with Crippen molar-refractivity contribution in [3.63, 3.8) is 0 Å². The maximum absolute atomic E-state index is 12.8. The maximum Gasteiger partial charge on any atom is 0.226 e. The standard InChI is InChI=1S/C31H33N5OS/c1-20-11-10-12-21(2)29(20)36-22(3)19-25(23(36)4)30-28(26-15-8-9-17-32-26)34-31(38)35(30)18-16-27(37)33-24-13-6-5-7-14-24/h5-15,17,19,28,30H,16,18H2,1-4H3,(H,33,37)(H,34,38)/t28-,30-/m0/s1. The van der Waals surface area contributed by atoms with Gasteiger partial charge in [0, 0.05) is 36.2 Å². The van der Waals surface area contributed by atoms with Gasteiger partial charge in [0.05, 0.1) is 23.5 Å². The average molecular weight is 524 g/mol. The topological polar surface area (TPSA) is 62.2 Å². The minimum atomic E-state index is -0.132. The molecular formula is C31H33N5OS. The Morgan fingerprint density at radius 1 is 0.974 bits per heavy atom. The van der Waals surface area contributed by atoms with Crippen molar-refractivity contribution in [2.45, 2.75) is 46.2 Å². The van der Waals surface area contributed by atoms with Crippen LogP contribution in [0.5, 0.6) is 0 Å². The van der Waals surface area contributed by atoms with Gasteiger partial charge in [-0.3, -0.25) is 9.78 Å². The van der Waals surface area contributed by atoms with Gasteiger partial charge in [0.2, 0.25) is 5.91 Å². The number of aryl methyl sites for hydroxylation is 3. The third-order valence-electron chi connectivity index (χ3n) is 7.29. The quantitative estimate of drug-likeness (QED) is 0.286. The first kappa shape index (κ1) is 25.7. The van der Waals surface area contributed by atoms with Crippen LogP contribution in [0, 0.1) is 27.7 Å². The number of benzene rings is 2. The molecule has 2 aromatic heterocycles. The van der Waals surface area contributed by atoms with E-state index in [2.05, 4.69) is 77.0 Å². The highest BCUT2D eigenvalue weighted by Crippen LogP contribution is 2.42. The van der Waals surface area contributed by atoms with Crippen LogP contribution in [0.2, 0.25) is 0 Å². The number of nitrogens with one attached hydrogen (secondary N) is 2. The second-order valence-corrected chi connectivity index (χ2v) is 10.3. The third kappa shape index (κ3) is 4.94. The van der Waals surface area contributed by atoms with Gasteiger partial charge in [-0.15, -0.1) is 0 Å². The average Bonchev–Trinajstić information content (AvgIpc) is 3.39. The molecule has 7 heteroatoms. The molecular weight excluding hydrogens is 490 g/mol. The number of amides is 1. The lowest BCUT2D eigenvalue weighted by Crippen LogP contribution is -2.32. The first-order valence-electron chi connectivity index (χ1n) is 12.9. The van der Waals surface area contributed by atoms with Crippen LogP contribution in [0.15, 0.2) is 79.0 Å². The third-order valence-corrected chi connectivity index (χ3v) is 7.64. The van der Waals surface area contributed by atoms with Crippen LogP contribution in [-0.4, -0.2) is 32.0 Å². The molecule has 2 N–H and O–H groups in total. The number of rotatable bonds is 7. The molecule has 0 unspecified atom stereocenters. The van der Waals surface area contributed by atoms with Gasteiger partial charge in [-0.25, -0.2) is 0 Å². The summed E-state index contributed by atoms with van der Waals surface area (Å²) >= 11 is 5.84. The lowest BCUT2D eigenvalue weighted by atomic mass is 9.96. The van der Waals surface area contributed by atoms with Crippen molar-refractivity contribution in [2.24, 2.45) is 0 Å². The van der Waals surface area contributed by atoms with E-state index in [1.165, 1.54) is 22.4 Å². The molecule has 0 bridgehead atoms. The Kier molecular flexibility index (Phi) is 7.29. The van der Waals surface area contributed by atoms with Crippen LogP contribution < -0.4 is 10.6 Å². The van der Waals surface area contributed by atoms with E-state index in [1.807, 2.05) is 54.7 Å². The summed E-state index contributed by atoms with van der Waals surface area (Å²) in [5.74, 6) is -0.0416. The van der Waals surface area contributed by atoms with Gasteiger partial charge < -0.3 is 20.1 Å². The number of nitrogens with zero attached hydrogens (tertiary/aromatic N) is 3. The first-order valence-corrected chi connectivity index (χ1v) is 13.3. The number of aromatic nitrogens is 2. The molecule has 1 amide bonds. The Morgan fingerprint density at radius 2 is 1.68 bits per heavy atom. The van der Waals surface area contributed by atoms with Crippen LogP contribution in [-0.2, 0) is 4.79 Å². The van der Waals surface area contributed by atoms with E-state index in [0.29, 0.717) is 18.1 Å². The Labute approximate surface area is 229 Å². The predicted molar refractivity (Wildman–Crippen MR) is 157 cm³/mol. The fourth-order valence-corrected chi connectivity index (χ4v) is 5.87. The molecule has 4 aromatic rings. The van der Waals surface area contributed by atoms with Crippen LogP contribution >= 0.6 is 12.2 Å². The lowest BCUT2D eigenvalue weighted by Gasteiger charge is -2.28. The van der Waals surface area contributed by atoms with Crippen molar-refractivity contribution in [3.05, 3.63) is 113 Å². The molecule has 194 valence electrons. The molecule has 1 fully saturated rings. The highest BCUT2D eigenvalue weighted by Gasteiger charge is 2.41. The summed E-state index contributed by atoms with van der Waals surface area (Å²) in [5, 5.41) is 7.14. The van der Waals surface area contributed by atoms with Crippen molar-refractivity contribution in [3.8, 4) is 5.69 Å². The molecule has 1 aliphatic rings. The van der Waals surface area contributed by atoms with Gasteiger partial charge in [-0.2, -0.15) is 0 Å². The molecule has 2 aromatic carbocycles. The molecule has 0 spiro atoms. The van der Waals surface area contributed by atoms with E-state index in [4.69, 9.17) is 12.2 Å². The number of hydrogen-bond donors (Lipinski definition) is 2. The Bertz CT molecular complexity index is 1440. The van der Waals surface area contributed by atoms with Crippen molar-refractivity contribution >= 4 is 28.9 Å². The molecule has 0 aliphatic carbocycles. The van der Waals surface area contributed by atoms with Gasteiger partial charge >= 0.3 is 0 Å². The molecule has 3 heterocycles. The van der Waals surface area contributed by atoms with Crippen molar-refractivity contribution in [2.75, 3.05) is 11.9 Å². The Morgan fingerprint density at radius 3 is 2.37 bits per heavy atom. The first-order chi connectivity index (χ1) is 18.3. The molecule has 6 nitrogen and oxygen atoms in total. The van der Waals surface area contributed by atoms with Crippen LogP contribution in [0.1, 0.15) is 52.3 Å². The Balaban J connectivity index is 1.51. The van der Waals surface area contributed by atoms with Gasteiger partial charge in [0.15, 0.2) is 5.11 Å². The zero-order valence-corrected chi connectivity index (χ0v) is 23.0. The molecule has 2 atom stereocenters. The summed E-state index contributed by atoms with van der Waals surface area (Å²) in [7, 11) is 0. The number of carbonyl (C=O) groups excluding carboxylic acids is 1. The minimum Gasteiger partial charge on any atom is -0.352 e. The molecule has 0 saturated carbocycles. The second-order valence-electron chi connectivity index (χ2n) is 9.89. The summed E-state index contributed by atoms with van der Waals surface area (Å²) in [6, 6.07) is 23.9. The smallest absolute Gasteiger partial charge is 0.226 e. The predicted octanol–water partition coefficient (Wildman–Crippen LogP) is 6.11. The van der Waals surface area contributed by atoms with Gasteiger partial charge in [-0.1, -0.05) is 42.5 Å². The molecule has 38 heavy (non-hydrogen) atoms. The second kappa shape index (κ2) is 10.8. The number of pyridine rings is 1. The summed E-state index contributed by atoms with van der Waals surface area (Å²) in [6.07, 6.45) is 2.13. The SMILES string of the molecule is Cc1cccc(C)c1-n1c(C)cc([C@H]2[C@H](c3ccccn3)NC(=S)N2CCC(=O)Nc2ccccc2)c1C. The summed E-state index contributed by atoms with van der Waals surface area (Å²) in [5.41, 5.74) is 8.89. The Hall–Kier alpha value is -3.97. The van der Waals surface area contributed by atoms with E-state index in [1.54, 1.807) is 0 Å². The lowest BCUT2D eigenvalue weighted by molar-refractivity contribution is -0.116. The zero-order chi connectivity index (χ0) is 26.8. The number of anilines is 1.